The smallest absolute Gasteiger partial charge is 0.0378 e. The molecule has 0 radical (unpaired) electrons. The fourth-order valence-corrected chi connectivity index (χ4v) is 4.59. The summed E-state index contributed by atoms with van der Waals surface area (Å²) in [7, 11) is 0. The quantitative estimate of drug-likeness (QED) is 0.757. The molecule has 138 valence electrons. The Morgan fingerprint density at radius 1 is 0.962 bits per heavy atom. The second kappa shape index (κ2) is 7.44. The molecule has 2 aromatic rings. The summed E-state index contributed by atoms with van der Waals surface area (Å²) < 4.78 is 0. The second-order valence-electron chi connectivity index (χ2n) is 8.51. The van der Waals surface area contributed by atoms with Gasteiger partial charge in [0.25, 0.3) is 0 Å². The molecule has 26 heavy (non-hydrogen) atoms. The number of hydrogen-bond donors (Lipinski definition) is 2. The molecule has 0 fully saturated rings. The van der Waals surface area contributed by atoms with Crippen LogP contribution in [0.25, 0.3) is 0 Å². The maximum atomic E-state index is 3.63. The predicted octanol–water partition coefficient (Wildman–Crippen LogP) is 5.55. The summed E-state index contributed by atoms with van der Waals surface area (Å²) in [5, 5.41) is 7.11. The molecule has 2 N–H and O–H groups in total. The monoisotopic (exact) mass is 348 g/mol. The molecule has 2 aliphatic rings. The van der Waals surface area contributed by atoms with Crippen LogP contribution in [0, 0.1) is 0 Å². The number of benzene rings is 2. The van der Waals surface area contributed by atoms with E-state index >= 15 is 0 Å². The zero-order valence-corrected chi connectivity index (χ0v) is 16.4. The van der Waals surface area contributed by atoms with Crippen LogP contribution in [0.4, 0.5) is 5.69 Å². The van der Waals surface area contributed by atoms with Gasteiger partial charge in [-0.15, -0.1) is 0 Å². The molecular weight excluding hydrogens is 316 g/mol. The van der Waals surface area contributed by atoms with Crippen LogP contribution in [0.15, 0.2) is 36.4 Å². The Hall–Kier alpha value is -1.80. The zero-order valence-electron chi connectivity index (χ0n) is 16.4. The lowest BCUT2D eigenvalue weighted by atomic mass is 9.80. The van der Waals surface area contributed by atoms with Crippen molar-refractivity contribution in [2.75, 3.05) is 18.4 Å². The summed E-state index contributed by atoms with van der Waals surface area (Å²) in [6.45, 7) is 10.2. The topological polar surface area (TPSA) is 24.1 Å². The van der Waals surface area contributed by atoms with Crippen LogP contribution in [-0.2, 0) is 13.0 Å². The van der Waals surface area contributed by atoms with E-state index in [1.807, 2.05) is 0 Å². The summed E-state index contributed by atoms with van der Waals surface area (Å²) in [5.41, 5.74) is 8.89. The molecule has 2 atom stereocenters. The average molecular weight is 349 g/mol. The molecule has 0 aliphatic carbocycles. The minimum atomic E-state index is 0.589. The van der Waals surface area contributed by atoms with Crippen molar-refractivity contribution in [2.45, 2.75) is 64.3 Å². The van der Waals surface area contributed by atoms with Crippen molar-refractivity contribution < 1.29 is 0 Å². The largest absolute Gasteiger partial charge is 0.385 e. The van der Waals surface area contributed by atoms with E-state index in [4.69, 9.17) is 0 Å². The Balaban J connectivity index is 1.53. The van der Waals surface area contributed by atoms with Gasteiger partial charge in [0.1, 0.15) is 0 Å². The average Bonchev–Trinajstić information content (AvgIpc) is 2.67. The number of hydrogen-bond acceptors (Lipinski definition) is 2. The highest BCUT2D eigenvalue weighted by Crippen LogP contribution is 2.39. The summed E-state index contributed by atoms with van der Waals surface area (Å²) in [6.07, 6.45) is 3.66. The van der Waals surface area contributed by atoms with Gasteiger partial charge < -0.3 is 10.6 Å². The maximum Gasteiger partial charge on any atom is 0.0378 e. The molecule has 0 spiro atoms. The van der Waals surface area contributed by atoms with Crippen LogP contribution in [0.3, 0.4) is 0 Å². The van der Waals surface area contributed by atoms with Crippen molar-refractivity contribution in [3.8, 4) is 0 Å². The number of fused-ring (bicyclic) bond motifs is 2. The highest BCUT2D eigenvalue weighted by Gasteiger charge is 2.23. The van der Waals surface area contributed by atoms with Gasteiger partial charge in [0.2, 0.25) is 0 Å². The van der Waals surface area contributed by atoms with Crippen LogP contribution in [0.1, 0.15) is 79.2 Å². The van der Waals surface area contributed by atoms with Crippen molar-refractivity contribution in [3.05, 3.63) is 64.2 Å². The first-order valence-electron chi connectivity index (χ1n) is 10.3. The molecule has 2 nitrogen and oxygen atoms in total. The SMILES string of the molecule is CC(C)c1ccc2c(c1)NCCC2CC(C)c1ccc2c(c1)CCNC2. The molecule has 0 aromatic heterocycles. The predicted molar refractivity (Wildman–Crippen MR) is 111 cm³/mol. The van der Waals surface area contributed by atoms with Gasteiger partial charge in [0.15, 0.2) is 0 Å². The minimum Gasteiger partial charge on any atom is -0.385 e. The lowest BCUT2D eigenvalue weighted by Crippen LogP contribution is -2.23. The van der Waals surface area contributed by atoms with Gasteiger partial charge in [0.05, 0.1) is 0 Å². The van der Waals surface area contributed by atoms with Gasteiger partial charge in [-0.05, 0) is 77.4 Å². The van der Waals surface area contributed by atoms with Gasteiger partial charge in [-0.2, -0.15) is 0 Å². The van der Waals surface area contributed by atoms with Crippen molar-refractivity contribution in [2.24, 2.45) is 0 Å². The van der Waals surface area contributed by atoms with E-state index in [2.05, 4.69) is 67.8 Å². The van der Waals surface area contributed by atoms with E-state index in [1.165, 1.54) is 47.2 Å². The highest BCUT2D eigenvalue weighted by atomic mass is 14.9. The molecule has 4 rings (SSSR count). The summed E-state index contributed by atoms with van der Waals surface area (Å²) >= 11 is 0. The first kappa shape index (κ1) is 17.6. The van der Waals surface area contributed by atoms with E-state index in [-0.39, 0.29) is 0 Å². The van der Waals surface area contributed by atoms with Crippen molar-refractivity contribution in [1.82, 2.24) is 5.32 Å². The Bertz CT molecular complexity index is 778. The van der Waals surface area contributed by atoms with Crippen LogP contribution in [0.2, 0.25) is 0 Å². The molecule has 0 bridgehead atoms. The Morgan fingerprint density at radius 3 is 2.65 bits per heavy atom. The number of anilines is 1. The fraction of sp³-hybridized carbons (Fsp3) is 0.500. The Labute approximate surface area is 158 Å². The first-order valence-corrected chi connectivity index (χ1v) is 10.3. The standard InChI is InChI=1S/C24H32N2/c1-16(2)18-6-7-23-21(9-11-26-24(23)14-18)12-17(3)19-4-5-22-15-25-10-8-20(22)13-19/h4-7,13-14,16-17,21,25-26H,8-12,15H2,1-3H3. The molecule has 2 heterocycles. The van der Waals surface area contributed by atoms with Crippen LogP contribution in [-0.4, -0.2) is 13.1 Å². The van der Waals surface area contributed by atoms with Gasteiger partial charge in [-0.25, -0.2) is 0 Å². The summed E-state index contributed by atoms with van der Waals surface area (Å²) in [4.78, 5) is 0. The molecular formula is C24H32N2. The van der Waals surface area contributed by atoms with Crippen molar-refractivity contribution in [3.63, 3.8) is 0 Å². The molecule has 2 aliphatic heterocycles. The van der Waals surface area contributed by atoms with Gasteiger partial charge in [0, 0.05) is 18.8 Å². The third-order valence-electron chi connectivity index (χ3n) is 6.32. The fourth-order valence-electron chi connectivity index (χ4n) is 4.59. The van der Waals surface area contributed by atoms with Crippen LogP contribution in [0.5, 0.6) is 0 Å². The Morgan fingerprint density at radius 2 is 1.81 bits per heavy atom. The first-order chi connectivity index (χ1) is 12.6. The molecule has 0 amide bonds. The van der Waals surface area contributed by atoms with E-state index < -0.39 is 0 Å². The van der Waals surface area contributed by atoms with Crippen LogP contribution >= 0.6 is 0 Å². The third kappa shape index (κ3) is 3.53. The molecule has 2 heteroatoms. The van der Waals surface area contributed by atoms with Crippen LogP contribution < -0.4 is 10.6 Å². The van der Waals surface area contributed by atoms with Gasteiger partial charge in [-0.3, -0.25) is 0 Å². The van der Waals surface area contributed by atoms with Gasteiger partial charge >= 0.3 is 0 Å². The minimum absolute atomic E-state index is 0.589. The zero-order chi connectivity index (χ0) is 18.1. The summed E-state index contributed by atoms with van der Waals surface area (Å²) in [6, 6.07) is 14.3. The molecule has 2 unspecified atom stereocenters. The van der Waals surface area contributed by atoms with E-state index in [0.29, 0.717) is 17.8 Å². The van der Waals surface area contributed by atoms with E-state index in [1.54, 1.807) is 5.56 Å². The lowest BCUT2D eigenvalue weighted by Gasteiger charge is -2.30. The van der Waals surface area contributed by atoms with Crippen molar-refractivity contribution >= 4 is 5.69 Å². The highest BCUT2D eigenvalue weighted by molar-refractivity contribution is 5.57. The Kier molecular flexibility index (Phi) is 5.04. The summed E-state index contributed by atoms with van der Waals surface area (Å²) in [5.74, 6) is 1.86. The van der Waals surface area contributed by atoms with Crippen molar-refractivity contribution in [1.29, 1.82) is 0 Å². The lowest BCUT2D eigenvalue weighted by molar-refractivity contribution is 0.525. The number of nitrogens with one attached hydrogen (secondary N) is 2. The molecule has 0 saturated carbocycles. The van der Waals surface area contributed by atoms with E-state index in [9.17, 15) is 0 Å². The second-order valence-corrected chi connectivity index (χ2v) is 8.51. The van der Waals surface area contributed by atoms with E-state index in [0.717, 1.165) is 19.6 Å². The normalized spacial score (nSPS) is 20.2. The van der Waals surface area contributed by atoms with Gasteiger partial charge in [-0.1, -0.05) is 51.1 Å². The molecule has 2 aromatic carbocycles. The molecule has 0 saturated heterocycles. The number of rotatable bonds is 4. The maximum absolute atomic E-state index is 3.63. The third-order valence-corrected chi connectivity index (χ3v) is 6.32.